The third-order valence-corrected chi connectivity index (χ3v) is 2.83. The van der Waals surface area contributed by atoms with Gasteiger partial charge in [-0.2, -0.15) is 0 Å². The Morgan fingerprint density at radius 1 is 1.53 bits per heavy atom. The van der Waals surface area contributed by atoms with Crippen LogP contribution in [0.2, 0.25) is 0 Å². The summed E-state index contributed by atoms with van der Waals surface area (Å²) in [7, 11) is 0. The first kappa shape index (κ1) is 15.4. The molecule has 0 aliphatic carbocycles. The van der Waals surface area contributed by atoms with E-state index in [-0.39, 0.29) is 18.5 Å². The summed E-state index contributed by atoms with van der Waals surface area (Å²) in [4.78, 5) is 17.5. The molecule has 0 fully saturated rings. The van der Waals surface area contributed by atoms with Gasteiger partial charge in [0.1, 0.15) is 5.82 Å². The van der Waals surface area contributed by atoms with Crippen molar-refractivity contribution in [1.29, 1.82) is 0 Å². The van der Waals surface area contributed by atoms with E-state index in [9.17, 15) is 4.79 Å². The van der Waals surface area contributed by atoms with Crippen molar-refractivity contribution in [2.75, 3.05) is 18.0 Å². The number of rotatable bonds is 8. The zero-order chi connectivity index (χ0) is 14.3. The molecule has 0 unspecified atom stereocenters. The first-order valence-corrected chi connectivity index (χ1v) is 6.75. The predicted octanol–water partition coefficient (Wildman–Crippen LogP) is 1.28. The number of aromatic nitrogens is 1. The van der Waals surface area contributed by atoms with E-state index in [0.29, 0.717) is 0 Å². The Kier molecular flexibility index (Phi) is 6.29. The summed E-state index contributed by atoms with van der Waals surface area (Å²) in [6, 6.07) is 4.11. The molecule has 3 N–H and O–H groups in total. The molecule has 0 spiro atoms. The van der Waals surface area contributed by atoms with Crippen molar-refractivity contribution in [2.24, 2.45) is 5.73 Å². The van der Waals surface area contributed by atoms with Gasteiger partial charge in [0.15, 0.2) is 0 Å². The molecule has 0 atom stereocenters. The number of nitrogens with one attached hydrogen (secondary N) is 1. The molecule has 1 heterocycles. The van der Waals surface area contributed by atoms with Crippen LogP contribution in [0.3, 0.4) is 0 Å². The molecule has 0 saturated heterocycles. The second-order valence-electron chi connectivity index (χ2n) is 4.85. The summed E-state index contributed by atoms with van der Waals surface area (Å²) in [6.45, 7) is 8.09. The summed E-state index contributed by atoms with van der Waals surface area (Å²) < 4.78 is 0. The number of carbonyl (C=O) groups excluding carboxylic acids is 1. The van der Waals surface area contributed by atoms with Gasteiger partial charge in [0.25, 0.3) is 0 Å². The number of anilines is 1. The van der Waals surface area contributed by atoms with Crippen molar-refractivity contribution in [3.8, 4) is 0 Å². The van der Waals surface area contributed by atoms with Gasteiger partial charge in [0.2, 0.25) is 5.91 Å². The summed E-state index contributed by atoms with van der Waals surface area (Å²) in [5, 5.41) is 3.36. The van der Waals surface area contributed by atoms with E-state index in [1.807, 2.05) is 30.9 Å². The molecule has 0 radical (unpaired) electrons. The minimum atomic E-state index is -0.341. The van der Waals surface area contributed by atoms with Gasteiger partial charge in [0, 0.05) is 24.3 Å². The van der Waals surface area contributed by atoms with Gasteiger partial charge in [-0.25, -0.2) is 4.98 Å². The van der Waals surface area contributed by atoms with Crippen LogP contribution >= 0.6 is 0 Å². The highest BCUT2D eigenvalue weighted by molar-refractivity contribution is 5.79. The number of pyridine rings is 1. The zero-order valence-electron chi connectivity index (χ0n) is 12.0. The smallest absolute Gasteiger partial charge is 0.237 e. The number of nitrogens with zero attached hydrogens (tertiary/aromatic N) is 2. The van der Waals surface area contributed by atoms with Crippen LogP contribution in [0.1, 0.15) is 32.8 Å². The maximum Gasteiger partial charge on any atom is 0.237 e. The molecule has 106 valence electrons. The molecule has 0 aliphatic rings. The molecule has 0 saturated carbocycles. The SMILES string of the molecule is CCCNCc1cccnc1N(CC(N)=O)C(C)C. The number of nitrogens with two attached hydrogens (primary N) is 1. The van der Waals surface area contributed by atoms with Gasteiger partial charge in [-0.05, 0) is 32.9 Å². The monoisotopic (exact) mass is 264 g/mol. The average molecular weight is 264 g/mol. The number of amides is 1. The van der Waals surface area contributed by atoms with E-state index >= 15 is 0 Å². The lowest BCUT2D eigenvalue weighted by Crippen LogP contribution is -2.40. The molecule has 0 bridgehead atoms. The third-order valence-electron chi connectivity index (χ3n) is 2.83. The van der Waals surface area contributed by atoms with Crippen molar-refractivity contribution in [3.63, 3.8) is 0 Å². The maximum absolute atomic E-state index is 11.2. The first-order chi connectivity index (χ1) is 9.06. The predicted molar refractivity (Wildman–Crippen MR) is 77.9 cm³/mol. The Morgan fingerprint density at radius 2 is 2.26 bits per heavy atom. The molecule has 1 aromatic rings. The van der Waals surface area contributed by atoms with Crippen LogP contribution in [-0.2, 0) is 11.3 Å². The van der Waals surface area contributed by atoms with Crippen molar-refractivity contribution >= 4 is 11.7 Å². The second-order valence-corrected chi connectivity index (χ2v) is 4.85. The Bertz CT molecular complexity index is 406. The highest BCUT2D eigenvalue weighted by atomic mass is 16.1. The number of hydrogen-bond donors (Lipinski definition) is 2. The fourth-order valence-electron chi connectivity index (χ4n) is 1.90. The van der Waals surface area contributed by atoms with Crippen molar-refractivity contribution in [2.45, 2.75) is 39.8 Å². The van der Waals surface area contributed by atoms with Crippen LogP contribution in [0.15, 0.2) is 18.3 Å². The average Bonchev–Trinajstić information content (AvgIpc) is 2.36. The van der Waals surface area contributed by atoms with Crippen LogP contribution in [0, 0.1) is 0 Å². The van der Waals surface area contributed by atoms with E-state index in [2.05, 4.69) is 17.2 Å². The van der Waals surface area contributed by atoms with Crippen molar-refractivity contribution in [3.05, 3.63) is 23.9 Å². The summed E-state index contributed by atoms with van der Waals surface area (Å²) >= 11 is 0. The summed E-state index contributed by atoms with van der Waals surface area (Å²) in [6.07, 6.45) is 2.83. The number of primary amides is 1. The lowest BCUT2D eigenvalue weighted by atomic mass is 10.2. The van der Waals surface area contributed by atoms with Gasteiger partial charge in [-0.1, -0.05) is 13.0 Å². The zero-order valence-corrected chi connectivity index (χ0v) is 12.0. The van der Waals surface area contributed by atoms with Crippen molar-refractivity contribution in [1.82, 2.24) is 10.3 Å². The fraction of sp³-hybridized carbons (Fsp3) is 0.571. The topological polar surface area (TPSA) is 71.2 Å². The Hall–Kier alpha value is -1.62. The molecule has 1 amide bonds. The Morgan fingerprint density at radius 3 is 2.84 bits per heavy atom. The summed E-state index contributed by atoms with van der Waals surface area (Å²) in [5.41, 5.74) is 6.41. The van der Waals surface area contributed by atoms with Crippen LogP contribution in [-0.4, -0.2) is 30.0 Å². The maximum atomic E-state index is 11.2. The minimum Gasteiger partial charge on any atom is -0.368 e. The Labute approximate surface area is 115 Å². The van der Waals surface area contributed by atoms with E-state index in [0.717, 1.165) is 30.9 Å². The summed E-state index contributed by atoms with van der Waals surface area (Å²) in [5.74, 6) is 0.492. The van der Waals surface area contributed by atoms with Gasteiger partial charge in [-0.3, -0.25) is 4.79 Å². The van der Waals surface area contributed by atoms with Gasteiger partial charge >= 0.3 is 0 Å². The normalized spacial score (nSPS) is 10.7. The molecule has 5 heteroatoms. The minimum absolute atomic E-state index is 0.173. The highest BCUT2D eigenvalue weighted by Gasteiger charge is 2.17. The van der Waals surface area contributed by atoms with Gasteiger partial charge in [0.05, 0.1) is 6.54 Å². The highest BCUT2D eigenvalue weighted by Crippen LogP contribution is 2.19. The molecule has 1 rings (SSSR count). The molecule has 0 aromatic carbocycles. The van der Waals surface area contributed by atoms with E-state index in [1.165, 1.54) is 0 Å². The number of hydrogen-bond acceptors (Lipinski definition) is 4. The van der Waals surface area contributed by atoms with E-state index in [4.69, 9.17) is 5.73 Å². The molecule has 1 aromatic heterocycles. The Balaban J connectivity index is 2.91. The van der Waals surface area contributed by atoms with E-state index in [1.54, 1.807) is 6.20 Å². The fourth-order valence-corrected chi connectivity index (χ4v) is 1.90. The standard InChI is InChI=1S/C14H24N4O/c1-4-7-16-9-12-6-5-8-17-14(12)18(11(2)3)10-13(15)19/h5-6,8,11,16H,4,7,9-10H2,1-3H3,(H2,15,19). The lowest BCUT2D eigenvalue weighted by molar-refractivity contribution is -0.116. The molecule has 19 heavy (non-hydrogen) atoms. The van der Waals surface area contributed by atoms with Crippen LogP contribution < -0.4 is 16.0 Å². The largest absolute Gasteiger partial charge is 0.368 e. The molecule has 0 aliphatic heterocycles. The van der Waals surface area contributed by atoms with Gasteiger partial charge < -0.3 is 16.0 Å². The first-order valence-electron chi connectivity index (χ1n) is 6.75. The lowest BCUT2D eigenvalue weighted by Gasteiger charge is -2.28. The molecule has 5 nitrogen and oxygen atoms in total. The van der Waals surface area contributed by atoms with Crippen LogP contribution in [0.25, 0.3) is 0 Å². The number of carbonyl (C=O) groups is 1. The van der Waals surface area contributed by atoms with Crippen LogP contribution in [0.5, 0.6) is 0 Å². The third kappa shape index (κ3) is 4.87. The van der Waals surface area contributed by atoms with Crippen molar-refractivity contribution < 1.29 is 4.79 Å². The molecular formula is C14H24N4O. The molecular weight excluding hydrogens is 240 g/mol. The van der Waals surface area contributed by atoms with E-state index < -0.39 is 0 Å². The van der Waals surface area contributed by atoms with Gasteiger partial charge in [-0.15, -0.1) is 0 Å². The second kappa shape index (κ2) is 7.74. The quantitative estimate of drug-likeness (QED) is 0.694. The van der Waals surface area contributed by atoms with Crippen LogP contribution in [0.4, 0.5) is 5.82 Å².